The van der Waals surface area contributed by atoms with Crippen LogP contribution in [0.5, 0.6) is 0 Å². The first kappa shape index (κ1) is 18.1. The molecule has 3 aromatic rings. The average molecular weight is 370 g/mol. The Hall–Kier alpha value is -2.67. The minimum absolute atomic E-state index is 0.163. The van der Waals surface area contributed by atoms with Crippen molar-refractivity contribution >= 4 is 18.0 Å². The Morgan fingerprint density at radius 1 is 1.27 bits per heavy atom. The number of rotatable bonds is 6. The molecule has 0 unspecified atom stereocenters. The molecule has 1 aromatic carbocycles. The van der Waals surface area contributed by atoms with Crippen LogP contribution >= 0.6 is 11.8 Å². The van der Waals surface area contributed by atoms with Crippen LogP contribution in [0.15, 0.2) is 63.9 Å². The van der Waals surface area contributed by atoms with Crippen molar-refractivity contribution in [3.63, 3.8) is 0 Å². The number of hydrogen-bond donors (Lipinski definition) is 1. The van der Waals surface area contributed by atoms with E-state index in [2.05, 4.69) is 29.0 Å². The van der Waals surface area contributed by atoms with Gasteiger partial charge in [-0.15, -0.1) is 0 Å². The lowest BCUT2D eigenvalue weighted by atomic mass is 10.1. The molecule has 134 valence electrons. The topological polar surface area (TPSA) is 63.3 Å². The van der Waals surface area contributed by atoms with Crippen LogP contribution in [0, 0.1) is 5.82 Å². The van der Waals surface area contributed by atoms with Crippen molar-refractivity contribution in [2.24, 2.45) is 5.16 Å². The highest BCUT2D eigenvalue weighted by Gasteiger charge is 2.20. The number of oxime groups is 1. The first-order valence-corrected chi connectivity index (χ1v) is 9.00. The van der Waals surface area contributed by atoms with Crippen LogP contribution in [0.3, 0.4) is 0 Å². The van der Waals surface area contributed by atoms with Gasteiger partial charge in [-0.05, 0) is 41.8 Å². The molecular formula is C19H19FN4OS. The van der Waals surface area contributed by atoms with Crippen molar-refractivity contribution in [3.05, 3.63) is 71.7 Å². The predicted octanol–water partition coefficient (Wildman–Crippen LogP) is 4.55. The molecule has 0 bridgehead atoms. The Bertz CT molecular complexity index is 909. The fourth-order valence-corrected chi connectivity index (χ4v) is 3.77. The van der Waals surface area contributed by atoms with Crippen molar-refractivity contribution in [1.82, 2.24) is 14.5 Å². The third-order valence-electron chi connectivity index (χ3n) is 3.80. The van der Waals surface area contributed by atoms with Gasteiger partial charge in [0, 0.05) is 17.3 Å². The van der Waals surface area contributed by atoms with E-state index in [1.807, 2.05) is 22.8 Å². The zero-order valence-corrected chi connectivity index (χ0v) is 15.3. The lowest BCUT2D eigenvalue weighted by Gasteiger charge is -2.12. The first-order valence-electron chi connectivity index (χ1n) is 8.18. The fourth-order valence-electron chi connectivity index (χ4n) is 2.57. The van der Waals surface area contributed by atoms with Gasteiger partial charge in [-0.1, -0.05) is 36.8 Å². The number of pyridine rings is 1. The molecule has 0 saturated carbocycles. The fraction of sp³-hybridized carbons (Fsp3) is 0.211. The standard InChI is InChI=1S/C19H19FN4OS/c1-13(2)18-19(26-16-5-3-4-15(20)10-16)24(17(23-18)11-22-25)12-14-6-8-21-9-7-14/h3-11,13,25H,12H2,1-2H3. The second-order valence-corrected chi connectivity index (χ2v) is 7.12. The van der Waals surface area contributed by atoms with Crippen LogP contribution in [0.2, 0.25) is 0 Å². The van der Waals surface area contributed by atoms with Gasteiger partial charge in [-0.25, -0.2) is 9.37 Å². The molecule has 0 aliphatic rings. The summed E-state index contributed by atoms with van der Waals surface area (Å²) in [5, 5.41) is 13.1. The Kier molecular flexibility index (Phi) is 5.68. The Morgan fingerprint density at radius 3 is 2.69 bits per heavy atom. The summed E-state index contributed by atoms with van der Waals surface area (Å²) >= 11 is 1.45. The molecule has 26 heavy (non-hydrogen) atoms. The van der Waals surface area contributed by atoms with Crippen LogP contribution in [0.25, 0.3) is 0 Å². The minimum atomic E-state index is -0.279. The summed E-state index contributed by atoms with van der Waals surface area (Å²) in [6, 6.07) is 10.3. The summed E-state index contributed by atoms with van der Waals surface area (Å²) in [6.45, 7) is 4.64. The number of halogens is 1. The summed E-state index contributed by atoms with van der Waals surface area (Å²) in [7, 11) is 0. The van der Waals surface area contributed by atoms with Gasteiger partial charge >= 0.3 is 0 Å². The largest absolute Gasteiger partial charge is 0.411 e. The second-order valence-electron chi connectivity index (χ2n) is 6.06. The van der Waals surface area contributed by atoms with E-state index < -0.39 is 0 Å². The molecule has 0 atom stereocenters. The van der Waals surface area contributed by atoms with E-state index in [-0.39, 0.29) is 11.7 Å². The third-order valence-corrected chi connectivity index (χ3v) is 4.91. The first-order chi connectivity index (χ1) is 12.6. The zero-order chi connectivity index (χ0) is 18.5. The van der Waals surface area contributed by atoms with Crippen LogP contribution < -0.4 is 0 Å². The molecule has 0 radical (unpaired) electrons. The summed E-state index contributed by atoms with van der Waals surface area (Å²) in [5.74, 6) is 0.431. The number of benzene rings is 1. The van der Waals surface area contributed by atoms with Crippen LogP contribution in [-0.4, -0.2) is 26.0 Å². The summed E-state index contributed by atoms with van der Waals surface area (Å²) in [4.78, 5) is 9.47. The van der Waals surface area contributed by atoms with Crippen molar-refractivity contribution < 1.29 is 9.60 Å². The maximum atomic E-state index is 13.6. The number of hydrogen-bond acceptors (Lipinski definition) is 5. The lowest BCUT2D eigenvalue weighted by molar-refractivity contribution is 0.321. The summed E-state index contributed by atoms with van der Waals surface area (Å²) in [6.07, 6.45) is 4.78. The smallest absolute Gasteiger partial charge is 0.156 e. The summed E-state index contributed by atoms with van der Waals surface area (Å²) < 4.78 is 15.6. The molecule has 2 aromatic heterocycles. The quantitative estimate of drug-likeness (QED) is 0.393. The molecule has 0 amide bonds. The molecule has 2 heterocycles. The van der Waals surface area contributed by atoms with Crippen molar-refractivity contribution in [3.8, 4) is 0 Å². The Morgan fingerprint density at radius 2 is 2.04 bits per heavy atom. The average Bonchev–Trinajstić information content (AvgIpc) is 2.94. The highest BCUT2D eigenvalue weighted by atomic mass is 32.2. The number of nitrogens with zero attached hydrogens (tertiary/aromatic N) is 4. The van der Waals surface area contributed by atoms with Crippen LogP contribution in [0.4, 0.5) is 4.39 Å². The number of aromatic nitrogens is 3. The van der Waals surface area contributed by atoms with Crippen LogP contribution in [0.1, 0.15) is 36.8 Å². The van der Waals surface area contributed by atoms with E-state index in [0.717, 1.165) is 21.2 Å². The van der Waals surface area contributed by atoms with E-state index in [0.29, 0.717) is 12.4 Å². The van der Waals surface area contributed by atoms with Gasteiger partial charge in [0.05, 0.1) is 12.2 Å². The molecule has 0 spiro atoms. The maximum absolute atomic E-state index is 13.6. The van der Waals surface area contributed by atoms with Gasteiger partial charge in [0.2, 0.25) is 0 Å². The van der Waals surface area contributed by atoms with Crippen molar-refractivity contribution in [2.75, 3.05) is 0 Å². The molecule has 0 saturated heterocycles. The maximum Gasteiger partial charge on any atom is 0.156 e. The minimum Gasteiger partial charge on any atom is -0.411 e. The molecule has 7 heteroatoms. The van der Waals surface area contributed by atoms with Gasteiger partial charge < -0.3 is 9.77 Å². The van der Waals surface area contributed by atoms with Gasteiger partial charge in [0.15, 0.2) is 5.82 Å². The van der Waals surface area contributed by atoms with E-state index in [1.54, 1.807) is 18.5 Å². The monoisotopic (exact) mass is 370 g/mol. The molecule has 0 aliphatic carbocycles. The Labute approximate surface area is 155 Å². The lowest BCUT2D eigenvalue weighted by Crippen LogP contribution is -2.06. The van der Waals surface area contributed by atoms with E-state index >= 15 is 0 Å². The van der Waals surface area contributed by atoms with Gasteiger partial charge in [-0.3, -0.25) is 4.98 Å². The molecule has 0 fully saturated rings. The Balaban J connectivity index is 2.09. The molecule has 0 aliphatic heterocycles. The molecular weight excluding hydrogens is 351 g/mol. The molecule has 1 N–H and O–H groups in total. The third kappa shape index (κ3) is 4.11. The second kappa shape index (κ2) is 8.14. The van der Waals surface area contributed by atoms with Gasteiger partial charge in [0.25, 0.3) is 0 Å². The van der Waals surface area contributed by atoms with E-state index in [9.17, 15) is 4.39 Å². The molecule has 5 nitrogen and oxygen atoms in total. The van der Waals surface area contributed by atoms with Gasteiger partial charge in [-0.2, -0.15) is 0 Å². The SMILES string of the molecule is CC(C)c1nc(C=NO)n(Cc2ccncc2)c1Sc1cccc(F)c1. The highest BCUT2D eigenvalue weighted by molar-refractivity contribution is 7.99. The molecule has 3 rings (SSSR count). The van der Waals surface area contributed by atoms with E-state index in [1.165, 1.54) is 30.1 Å². The van der Waals surface area contributed by atoms with Crippen molar-refractivity contribution in [2.45, 2.75) is 36.2 Å². The van der Waals surface area contributed by atoms with E-state index in [4.69, 9.17) is 5.21 Å². The van der Waals surface area contributed by atoms with Crippen LogP contribution in [-0.2, 0) is 6.54 Å². The normalized spacial score (nSPS) is 11.5. The number of imidazole rings is 1. The highest BCUT2D eigenvalue weighted by Crippen LogP contribution is 2.35. The predicted molar refractivity (Wildman–Crippen MR) is 99.6 cm³/mol. The zero-order valence-electron chi connectivity index (χ0n) is 14.5. The summed E-state index contributed by atoms with van der Waals surface area (Å²) in [5.41, 5.74) is 1.92. The van der Waals surface area contributed by atoms with Gasteiger partial charge in [0.1, 0.15) is 17.1 Å². The van der Waals surface area contributed by atoms with Crippen molar-refractivity contribution in [1.29, 1.82) is 0 Å².